The van der Waals surface area contributed by atoms with Crippen molar-refractivity contribution >= 4 is 22.4 Å². The Morgan fingerprint density at radius 3 is 2.30 bits per heavy atom. The normalized spacial score (nSPS) is 12.6. The Kier molecular flexibility index (Phi) is 3.50. The van der Waals surface area contributed by atoms with Crippen LogP contribution in [-0.4, -0.2) is 0 Å². The summed E-state index contributed by atoms with van der Waals surface area (Å²) >= 11 is 6.69. The van der Waals surface area contributed by atoms with Crippen LogP contribution < -0.4 is 0 Å². The van der Waals surface area contributed by atoms with Gasteiger partial charge in [0.15, 0.2) is 0 Å². The van der Waals surface area contributed by atoms with Crippen LogP contribution in [-0.2, 0) is 0 Å². The Morgan fingerprint density at radius 1 is 0.800 bits per heavy atom. The van der Waals surface area contributed by atoms with E-state index < -0.39 is 0 Å². The highest BCUT2D eigenvalue weighted by molar-refractivity contribution is 6.22. The standard InChI is InChI=1S/C19H17Cl/c1-13-7-10-18(14(2)11-13)19(20)17-9-8-15-5-3-4-6-16(15)12-17/h3-12,19H,1-2H3. The summed E-state index contributed by atoms with van der Waals surface area (Å²) in [7, 11) is 0. The van der Waals surface area contributed by atoms with Crippen molar-refractivity contribution in [1.29, 1.82) is 0 Å². The largest absolute Gasteiger partial charge is 0.113 e. The predicted molar refractivity (Wildman–Crippen MR) is 87.6 cm³/mol. The molecule has 0 amide bonds. The molecule has 1 heteroatoms. The molecule has 0 bridgehead atoms. The Bertz CT molecular complexity index is 759. The van der Waals surface area contributed by atoms with Gasteiger partial charge in [-0.25, -0.2) is 0 Å². The van der Waals surface area contributed by atoms with E-state index >= 15 is 0 Å². The van der Waals surface area contributed by atoms with Crippen LogP contribution in [0.2, 0.25) is 0 Å². The minimum Gasteiger partial charge on any atom is -0.113 e. The van der Waals surface area contributed by atoms with Crippen LogP contribution in [0.4, 0.5) is 0 Å². The number of aryl methyl sites for hydroxylation is 2. The number of benzene rings is 3. The minimum atomic E-state index is -0.0970. The van der Waals surface area contributed by atoms with Crippen LogP contribution in [0.1, 0.15) is 27.6 Å². The van der Waals surface area contributed by atoms with Crippen molar-refractivity contribution in [2.24, 2.45) is 0 Å². The molecule has 0 radical (unpaired) electrons. The fourth-order valence-electron chi connectivity index (χ4n) is 2.65. The van der Waals surface area contributed by atoms with Gasteiger partial charge in [0.25, 0.3) is 0 Å². The fraction of sp³-hybridized carbons (Fsp3) is 0.158. The zero-order chi connectivity index (χ0) is 14.1. The molecule has 0 aliphatic carbocycles. The van der Waals surface area contributed by atoms with Gasteiger partial charge in [0.2, 0.25) is 0 Å². The third kappa shape index (κ3) is 2.44. The molecular formula is C19H17Cl. The van der Waals surface area contributed by atoms with E-state index in [9.17, 15) is 0 Å². The van der Waals surface area contributed by atoms with E-state index in [1.807, 2.05) is 0 Å². The molecule has 0 N–H and O–H groups in total. The van der Waals surface area contributed by atoms with Crippen molar-refractivity contribution < 1.29 is 0 Å². The van der Waals surface area contributed by atoms with Crippen molar-refractivity contribution in [3.8, 4) is 0 Å². The summed E-state index contributed by atoms with van der Waals surface area (Å²) in [5.41, 5.74) is 4.86. The number of halogens is 1. The molecule has 0 fully saturated rings. The molecule has 0 aliphatic rings. The summed E-state index contributed by atoms with van der Waals surface area (Å²) in [6.45, 7) is 4.23. The highest BCUT2D eigenvalue weighted by Crippen LogP contribution is 2.32. The second kappa shape index (κ2) is 5.30. The van der Waals surface area contributed by atoms with Crippen molar-refractivity contribution in [2.45, 2.75) is 19.2 Å². The molecule has 0 aromatic heterocycles. The molecule has 3 rings (SSSR count). The maximum atomic E-state index is 6.69. The van der Waals surface area contributed by atoms with E-state index in [1.54, 1.807) is 0 Å². The van der Waals surface area contributed by atoms with Crippen molar-refractivity contribution in [3.05, 3.63) is 82.9 Å². The maximum absolute atomic E-state index is 6.69. The first-order valence-electron chi connectivity index (χ1n) is 6.85. The van der Waals surface area contributed by atoms with E-state index in [0.29, 0.717) is 0 Å². The summed E-state index contributed by atoms with van der Waals surface area (Å²) in [5.74, 6) is 0. The second-order valence-corrected chi connectivity index (χ2v) is 5.77. The van der Waals surface area contributed by atoms with Gasteiger partial charge in [-0.15, -0.1) is 11.6 Å². The molecule has 0 heterocycles. The van der Waals surface area contributed by atoms with Crippen molar-refractivity contribution in [1.82, 2.24) is 0 Å². The zero-order valence-corrected chi connectivity index (χ0v) is 12.5. The third-order valence-electron chi connectivity index (χ3n) is 3.76. The summed E-state index contributed by atoms with van der Waals surface area (Å²) in [5, 5.41) is 2.39. The maximum Gasteiger partial charge on any atom is 0.0838 e. The molecule has 3 aromatic rings. The van der Waals surface area contributed by atoms with Gasteiger partial charge in [-0.2, -0.15) is 0 Å². The summed E-state index contributed by atoms with van der Waals surface area (Å²) < 4.78 is 0. The number of alkyl halides is 1. The number of hydrogen-bond acceptors (Lipinski definition) is 0. The lowest BCUT2D eigenvalue weighted by atomic mass is 9.97. The van der Waals surface area contributed by atoms with E-state index in [-0.39, 0.29) is 5.38 Å². The van der Waals surface area contributed by atoms with E-state index in [1.165, 1.54) is 27.5 Å². The van der Waals surface area contributed by atoms with Crippen molar-refractivity contribution in [3.63, 3.8) is 0 Å². The third-order valence-corrected chi connectivity index (χ3v) is 4.25. The zero-order valence-electron chi connectivity index (χ0n) is 11.7. The topological polar surface area (TPSA) is 0 Å². The molecule has 3 aromatic carbocycles. The molecule has 0 saturated carbocycles. The number of hydrogen-bond donors (Lipinski definition) is 0. The molecule has 0 aliphatic heterocycles. The molecular weight excluding hydrogens is 264 g/mol. The quantitative estimate of drug-likeness (QED) is 0.522. The molecule has 1 unspecified atom stereocenters. The summed E-state index contributed by atoms with van der Waals surface area (Å²) in [6, 6.07) is 21.3. The summed E-state index contributed by atoms with van der Waals surface area (Å²) in [6.07, 6.45) is 0. The molecule has 0 saturated heterocycles. The van der Waals surface area contributed by atoms with Gasteiger partial charge >= 0.3 is 0 Å². The highest BCUT2D eigenvalue weighted by Gasteiger charge is 2.13. The SMILES string of the molecule is Cc1ccc(C(Cl)c2ccc3ccccc3c2)c(C)c1. The van der Waals surface area contributed by atoms with Crippen molar-refractivity contribution in [2.75, 3.05) is 0 Å². The van der Waals surface area contributed by atoms with Gasteiger partial charge in [0.05, 0.1) is 5.38 Å². The monoisotopic (exact) mass is 280 g/mol. The lowest BCUT2D eigenvalue weighted by molar-refractivity contribution is 1.11. The molecule has 100 valence electrons. The number of fused-ring (bicyclic) bond motifs is 1. The molecule has 0 nitrogen and oxygen atoms in total. The number of rotatable bonds is 2. The lowest BCUT2D eigenvalue weighted by Crippen LogP contribution is -1.97. The molecule has 0 spiro atoms. The first kappa shape index (κ1) is 13.2. The van der Waals surface area contributed by atoms with Gasteiger partial charge in [0.1, 0.15) is 0 Å². The van der Waals surface area contributed by atoms with E-state index in [0.717, 1.165) is 5.56 Å². The Balaban J connectivity index is 2.05. The fourth-order valence-corrected chi connectivity index (χ4v) is 3.04. The Hall–Kier alpha value is -1.79. The van der Waals surface area contributed by atoms with Gasteiger partial charge < -0.3 is 0 Å². The lowest BCUT2D eigenvalue weighted by Gasteiger charge is -2.14. The Labute approximate surface area is 125 Å². The first-order chi connectivity index (χ1) is 9.65. The van der Waals surface area contributed by atoms with E-state index in [4.69, 9.17) is 11.6 Å². The van der Waals surface area contributed by atoms with Crippen LogP contribution in [0.15, 0.2) is 60.7 Å². The predicted octanol–water partition coefficient (Wildman–Crippen LogP) is 5.78. The van der Waals surface area contributed by atoms with Crippen LogP contribution in [0, 0.1) is 13.8 Å². The van der Waals surface area contributed by atoms with Gasteiger partial charge in [-0.05, 0) is 47.4 Å². The van der Waals surface area contributed by atoms with Crippen LogP contribution in [0.5, 0.6) is 0 Å². The smallest absolute Gasteiger partial charge is 0.0838 e. The van der Waals surface area contributed by atoms with Crippen LogP contribution in [0.3, 0.4) is 0 Å². The van der Waals surface area contributed by atoms with Gasteiger partial charge in [0, 0.05) is 0 Å². The van der Waals surface area contributed by atoms with E-state index in [2.05, 4.69) is 74.5 Å². The minimum absolute atomic E-state index is 0.0970. The first-order valence-corrected chi connectivity index (χ1v) is 7.29. The molecule has 20 heavy (non-hydrogen) atoms. The van der Waals surface area contributed by atoms with Crippen LogP contribution in [0.25, 0.3) is 10.8 Å². The second-order valence-electron chi connectivity index (χ2n) is 5.33. The van der Waals surface area contributed by atoms with Gasteiger partial charge in [-0.1, -0.05) is 60.2 Å². The van der Waals surface area contributed by atoms with Gasteiger partial charge in [-0.3, -0.25) is 0 Å². The average molecular weight is 281 g/mol. The summed E-state index contributed by atoms with van der Waals surface area (Å²) in [4.78, 5) is 0. The van der Waals surface area contributed by atoms with Crippen LogP contribution >= 0.6 is 11.6 Å². The Morgan fingerprint density at radius 2 is 1.55 bits per heavy atom. The average Bonchev–Trinajstić information content (AvgIpc) is 2.46. The highest BCUT2D eigenvalue weighted by atomic mass is 35.5. The molecule has 1 atom stereocenters.